The molecule has 0 aliphatic carbocycles. The molecule has 0 radical (unpaired) electrons. The monoisotopic (exact) mass is 259 g/mol. The lowest BCUT2D eigenvalue weighted by Crippen LogP contribution is -2.31. The van der Waals surface area contributed by atoms with Crippen molar-refractivity contribution in [3.8, 4) is 0 Å². The van der Waals surface area contributed by atoms with Crippen molar-refractivity contribution in [1.29, 1.82) is 0 Å². The Balaban J connectivity index is 2.11. The summed E-state index contributed by atoms with van der Waals surface area (Å²) in [5.41, 5.74) is 1.04. The molecule has 1 fully saturated rings. The van der Waals surface area contributed by atoms with Crippen LogP contribution in [0.25, 0.3) is 0 Å². The van der Waals surface area contributed by atoms with E-state index in [0.717, 1.165) is 36.5 Å². The smallest absolute Gasteiger partial charge is 0.0587 e. The molecule has 0 spiro atoms. The van der Waals surface area contributed by atoms with Gasteiger partial charge in [-0.1, -0.05) is 23.2 Å². The molecular weight excluding hydrogens is 245 g/mol. The van der Waals surface area contributed by atoms with Crippen molar-refractivity contribution in [2.45, 2.75) is 25.4 Å². The maximum atomic E-state index is 9.24. The van der Waals surface area contributed by atoms with Crippen LogP contribution in [0, 0.1) is 0 Å². The first-order valence-electron chi connectivity index (χ1n) is 5.49. The predicted octanol–water partition coefficient (Wildman–Crippen LogP) is 2.95. The van der Waals surface area contributed by atoms with Gasteiger partial charge >= 0.3 is 0 Å². The van der Waals surface area contributed by atoms with Crippen molar-refractivity contribution in [3.05, 3.63) is 33.8 Å². The summed E-state index contributed by atoms with van der Waals surface area (Å²) in [6.45, 7) is 2.01. The molecule has 1 aliphatic heterocycles. The number of hydrogen-bond acceptors (Lipinski definition) is 2. The number of likely N-dealkylation sites (tertiary alicyclic amines) is 1. The topological polar surface area (TPSA) is 23.5 Å². The summed E-state index contributed by atoms with van der Waals surface area (Å²) in [5.74, 6) is 0. The van der Waals surface area contributed by atoms with Crippen LogP contribution in [-0.2, 0) is 6.54 Å². The van der Waals surface area contributed by atoms with Crippen LogP contribution in [0.2, 0.25) is 10.0 Å². The average molecular weight is 260 g/mol. The average Bonchev–Trinajstić information content (AvgIpc) is 2.71. The molecule has 2 rings (SSSR count). The number of hydrogen-bond donors (Lipinski definition) is 1. The maximum absolute atomic E-state index is 9.24. The highest BCUT2D eigenvalue weighted by molar-refractivity contribution is 6.33. The zero-order valence-electron chi connectivity index (χ0n) is 9.00. The predicted molar refractivity (Wildman–Crippen MR) is 67.0 cm³/mol. The van der Waals surface area contributed by atoms with E-state index >= 15 is 0 Å². The molecule has 16 heavy (non-hydrogen) atoms. The summed E-state index contributed by atoms with van der Waals surface area (Å²) >= 11 is 12.1. The van der Waals surface area contributed by atoms with Gasteiger partial charge in [0.1, 0.15) is 0 Å². The molecule has 1 aromatic carbocycles. The summed E-state index contributed by atoms with van der Waals surface area (Å²) in [6.07, 6.45) is 2.21. The fraction of sp³-hybridized carbons (Fsp3) is 0.500. The Morgan fingerprint density at radius 1 is 1.38 bits per heavy atom. The molecule has 1 atom stereocenters. The molecule has 0 aromatic heterocycles. The van der Waals surface area contributed by atoms with Gasteiger partial charge in [-0.15, -0.1) is 0 Å². The third-order valence-electron chi connectivity index (χ3n) is 3.09. The van der Waals surface area contributed by atoms with Crippen molar-refractivity contribution >= 4 is 23.2 Å². The maximum Gasteiger partial charge on any atom is 0.0587 e. The number of nitrogens with zero attached hydrogens (tertiary/aromatic N) is 1. The standard InChI is InChI=1S/C12H15Cl2NO/c13-10-3-4-12(14)9(6-10)7-15-5-1-2-11(15)8-16/h3-4,6,11,16H,1-2,5,7-8H2/t11-/m0/s1. The zero-order chi connectivity index (χ0) is 11.5. The van der Waals surface area contributed by atoms with Crippen LogP contribution in [0.1, 0.15) is 18.4 Å². The molecule has 1 saturated heterocycles. The van der Waals surface area contributed by atoms with Gasteiger partial charge in [0.15, 0.2) is 0 Å². The summed E-state index contributed by atoms with van der Waals surface area (Å²) < 4.78 is 0. The van der Waals surface area contributed by atoms with Crippen LogP contribution in [0.15, 0.2) is 18.2 Å². The van der Waals surface area contributed by atoms with Crippen LogP contribution in [-0.4, -0.2) is 29.2 Å². The van der Waals surface area contributed by atoms with Crippen molar-refractivity contribution in [3.63, 3.8) is 0 Å². The Hall–Kier alpha value is -0.280. The minimum absolute atomic E-state index is 0.220. The molecule has 4 heteroatoms. The van der Waals surface area contributed by atoms with Crippen molar-refractivity contribution in [1.82, 2.24) is 4.90 Å². The lowest BCUT2D eigenvalue weighted by Gasteiger charge is -2.23. The number of halogens is 2. The lowest BCUT2D eigenvalue weighted by atomic mass is 10.2. The molecule has 2 nitrogen and oxygen atoms in total. The third-order valence-corrected chi connectivity index (χ3v) is 3.69. The van der Waals surface area contributed by atoms with Crippen LogP contribution in [0.5, 0.6) is 0 Å². The number of benzene rings is 1. The van der Waals surface area contributed by atoms with Crippen molar-refractivity contribution < 1.29 is 5.11 Å². The normalized spacial score (nSPS) is 21.6. The van der Waals surface area contributed by atoms with Gasteiger partial charge in [-0.25, -0.2) is 0 Å². The molecule has 1 N–H and O–H groups in total. The van der Waals surface area contributed by atoms with E-state index in [1.807, 2.05) is 12.1 Å². The molecule has 0 bridgehead atoms. The van der Waals surface area contributed by atoms with Crippen LogP contribution in [0.3, 0.4) is 0 Å². The van der Waals surface area contributed by atoms with Crippen LogP contribution < -0.4 is 0 Å². The van der Waals surface area contributed by atoms with Crippen LogP contribution >= 0.6 is 23.2 Å². The van der Waals surface area contributed by atoms with E-state index in [9.17, 15) is 5.11 Å². The Morgan fingerprint density at radius 3 is 2.94 bits per heavy atom. The van der Waals surface area contributed by atoms with E-state index in [4.69, 9.17) is 23.2 Å². The zero-order valence-corrected chi connectivity index (χ0v) is 10.5. The van der Waals surface area contributed by atoms with Gasteiger partial charge in [0.05, 0.1) is 6.61 Å². The van der Waals surface area contributed by atoms with E-state index in [-0.39, 0.29) is 12.6 Å². The first-order valence-corrected chi connectivity index (χ1v) is 6.25. The van der Waals surface area contributed by atoms with Gasteiger partial charge in [-0.2, -0.15) is 0 Å². The third kappa shape index (κ3) is 2.69. The van der Waals surface area contributed by atoms with E-state index in [1.54, 1.807) is 6.07 Å². The summed E-state index contributed by atoms with van der Waals surface area (Å²) in [4.78, 5) is 2.26. The summed E-state index contributed by atoms with van der Waals surface area (Å²) in [7, 11) is 0. The van der Waals surface area contributed by atoms with Gasteiger partial charge in [0.2, 0.25) is 0 Å². The molecule has 0 saturated carbocycles. The van der Waals surface area contributed by atoms with Crippen LogP contribution in [0.4, 0.5) is 0 Å². The van der Waals surface area contributed by atoms with Gasteiger partial charge in [0.25, 0.3) is 0 Å². The first kappa shape index (κ1) is 12.2. The molecular formula is C12H15Cl2NO. The molecule has 0 amide bonds. The Bertz CT molecular complexity index is 370. The second kappa shape index (κ2) is 5.37. The first-order chi connectivity index (χ1) is 7.70. The molecule has 1 aromatic rings. The Kier molecular flexibility index (Phi) is 4.09. The largest absolute Gasteiger partial charge is 0.395 e. The highest BCUT2D eigenvalue weighted by Crippen LogP contribution is 2.25. The fourth-order valence-corrected chi connectivity index (χ4v) is 2.57. The molecule has 1 aliphatic rings. The van der Waals surface area contributed by atoms with Crippen molar-refractivity contribution in [2.75, 3.05) is 13.2 Å². The van der Waals surface area contributed by atoms with E-state index in [2.05, 4.69) is 4.90 Å². The fourth-order valence-electron chi connectivity index (χ4n) is 2.19. The highest BCUT2D eigenvalue weighted by Gasteiger charge is 2.24. The van der Waals surface area contributed by atoms with Gasteiger partial charge in [-0.05, 0) is 43.1 Å². The van der Waals surface area contributed by atoms with E-state index < -0.39 is 0 Å². The lowest BCUT2D eigenvalue weighted by molar-refractivity contribution is 0.153. The SMILES string of the molecule is OC[C@@H]1CCCN1Cc1cc(Cl)ccc1Cl. The van der Waals surface area contributed by atoms with Gasteiger partial charge in [0, 0.05) is 22.6 Å². The Labute approximate surface area is 106 Å². The second-order valence-electron chi connectivity index (χ2n) is 4.18. The molecule has 0 unspecified atom stereocenters. The van der Waals surface area contributed by atoms with Gasteiger partial charge in [-0.3, -0.25) is 4.90 Å². The van der Waals surface area contributed by atoms with Crippen molar-refractivity contribution in [2.24, 2.45) is 0 Å². The number of rotatable bonds is 3. The highest BCUT2D eigenvalue weighted by atomic mass is 35.5. The number of aliphatic hydroxyl groups excluding tert-OH is 1. The quantitative estimate of drug-likeness (QED) is 0.903. The van der Waals surface area contributed by atoms with Gasteiger partial charge < -0.3 is 5.11 Å². The minimum Gasteiger partial charge on any atom is -0.395 e. The van der Waals surface area contributed by atoms with E-state index in [0.29, 0.717) is 5.02 Å². The summed E-state index contributed by atoms with van der Waals surface area (Å²) in [6, 6.07) is 5.79. The molecule has 88 valence electrons. The summed E-state index contributed by atoms with van der Waals surface area (Å²) in [5, 5.41) is 10.7. The van der Waals surface area contributed by atoms with E-state index in [1.165, 1.54) is 0 Å². The second-order valence-corrected chi connectivity index (χ2v) is 5.03. The Morgan fingerprint density at radius 2 is 2.19 bits per heavy atom. The minimum atomic E-state index is 0.220. The number of aliphatic hydroxyl groups is 1. The molecule has 1 heterocycles.